The van der Waals surface area contributed by atoms with Crippen molar-refractivity contribution in [2.24, 2.45) is 0 Å². The topological polar surface area (TPSA) is 81.4 Å². The molecule has 1 aromatic rings. The molecule has 0 aliphatic heterocycles. The number of halogens is 3. The van der Waals surface area contributed by atoms with Crippen molar-refractivity contribution in [3.8, 4) is 0 Å². The molecular formula is C13H13F3N2O3. The van der Waals surface area contributed by atoms with E-state index in [1.54, 1.807) is 0 Å². The van der Waals surface area contributed by atoms with Crippen LogP contribution in [0.5, 0.6) is 0 Å². The number of esters is 1. The van der Waals surface area contributed by atoms with Crippen LogP contribution in [0.2, 0.25) is 0 Å². The lowest BCUT2D eigenvalue weighted by Gasteiger charge is -2.10. The minimum atomic E-state index is -4.54. The molecule has 0 spiro atoms. The lowest BCUT2D eigenvalue weighted by Crippen LogP contribution is -2.30. The molecule has 0 unspecified atom stereocenters. The molecular weight excluding hydrogens is 289 g/mol. The maximum Gasteiger partial charge on any atom is 0.416 e. The van der Waals surface area contributed by atoms with Crippen molar-refractivity contribution in [1.29, 1.82) is 0 Å². The highest BCUT2D eigenvalue weighted by atomic mass is 19.4. The molecule has 1 amide bonds. The van der Waals surface area contributed by atoms with E-state index < -0.39 is 30.2 Å². The molecule has 3 N–H and O–H groups in total. The largest absolute Gasteiger partial charge is 0.452 e. The van der Waals surface area contributed by atoms with Gasteiger partial charge < -0.3 is 15.8 Å². The predicted molar refractivity (Wildman–Crippen MR) is 67.3 cm³/mol. The first kappa shape index (κ1) is 15.1. The third-order valence-electron chi connectivity index (χ3n) is 2.88. The molecule has 1 fully saturated rings. The quantitative estimate of drug-likeness (QED) is 0.655. The van der Waals surface area contributed by atoms with E-state index in [2.05, 4.69) is 5.32 Å². The van der Waals surface area contributed by atoms with E-state index in [9.17, 15) is 22.8 Å². The molecule has 2 rings (SSSR count). The monoisotopic (exact) mass is 302 g/mol. The molecule has 8 heteroatoms. The minimum Gasteiger partial charge on any atom is -0.452 e. The Morgan fingerprint density at radius 1 is 1.33 bits per heavy atom. The standard InChI is InChI=1S/C13H13F3N2O3/c14-13(15,16)7-1-4-9(10(17)5-7)12(20)21-6-11(19)18-8-2-3-8/h1,4-5,8H,2-3,6,17H2,(H,18,19). The maximum atomic E-state index is 12.5. The molecule has 0 aromatic heterocycles. The molecule has 0 saturated heterocycles. The molecule has 5 nitrogen and oxygen atoms in total. The second-order valence-corrected chi connectivity index (χ2v) is 4.72. The van der Waals surface area contributed by atoms with E-state index in [-0.39, 0.29) is 17.3 Å². The van der Waals surface area contributed by atoms with Crippen molar-refractivity contribution < 1.29 is 27.5 Å². The Labute approximate surface area is 118 Å². The van der Waals surface area contributed by atoms with Gasteiger partial charge in [-0.25, -0.2) is 4.79 Å². The van der Waals surface area contributed by atoms with Crippen LogP contribution in [0.25, 0.3) is 0 Å². The van der Waals surface area contributed by atoms with Crippen molar-refractivity contribution in [1.82, 2.24) is 5.32 Å². The summed E-state index contributed by atoms with van der Waals surface area (Å²) in [4.78, 5) is 23.0. The Morgan fingerprint density at radius 2 is 2.00 bits per heavy atom. The van der Waals surface area contributed by atoms with Crippen molar-refractivity contribution in [2.75, 3.05) is 12.3 Å². The Hall–Kier alpha value is -2.25. The number of nitrogens with one attached hydrogen (secondary N) is 1. The van der Waals surface area contributed by atoms with E-state index in [1.807, 2.05) is 0 Å². The zero-order valence-electron chi connectivity index (χ0n) is 10.9. The highest BCUT2D eigenvalue weighted by Crippen LogP contribution is 2.31. The summed E-state index contributed by atoms with van der Waals surface area (Å²) in [5.41, 5.74) is 3.90. The number of amides is 1. The number of ether oxygens (including phenoxy) is 1. The van der Waals surface area contributed by atoms with Gasteiger partial charge in [-0.05, 0) is 31.0 Å². The van der Waals surface area contributed by atoms with Crippen LogP contribution < -0.4 is 11.1 Å². The summed E-state index contributed by atoms with van der Waals surface area (Å²) in [5, 5.41) is 2.61. The van der Waals surface area contributed by atoms with Crippen LogP contribution in [0.15, 0.2) is 18.2 Å². The summed E-state index contributed by atoms with van der Waals surface area (Å²) in [6.45, 7) is -0.490. The first-order valence-electron chi connectivity index (χ1n) is 6.20. The number of anilines is 1. The molecule has 1 aromatic carbocycles. The summed E-state index contributed by atoms with van der Waals surface area (Å²) in [6.07, 6.45) is -2.75. The smallest absolute Gasteiger partial charge is 0.416 e. The van der Waals surface area contributed by atoms with Crippen LogP contribution >= 0.6 is 0 Å². The van der Waals surface area contributed by atoms with Gasteiger partial charge in [-0.1, -0.05) is 0 Å². The average Bonchev–Trinajstić information content (AvgIpc) is 3.18. The number of hydrogen-bond donors (Lipinski definition) is 2. The fourth-order valence-corrected chi connectivity index (χ4v) is 1.63. The van der Waals surface area contributed by atoms with Crippen LogP contribution in [-0.4, -0.2) is 24.5 Å². The third-order valence-corrected chi connectivity index (χ3v) is 2.88. The molecule has 0 radical (unpaired) electrons. The Bertz CT molecular complexity index is 568. The van der Waals surface area contributed by atoms with Crippen LogP contribution in [0, 0.1) is 0 Å². The van der Waals surface area contributed by atoms with E-state index >= 15 is 0 Å². The third kappa shape index (κ3) is 4.11. The van der Waals surface area contributed by atoms with Gasteiger partial charge in [-0.15, -0.1) is 0 Å². The van der Waals surface area contributed by atoms with Gasteiger partial charge >= 0.3 is 12.1 Å². The van der Waals surface area contributed by atoms with Crippen molar-refractivity contribution in [3.63, 3.8) is 0 Å². The molecule has 0 bridgehead atoms. The van der Waals surface area contributed by atoms with Crippen molar-refractivity contribution in [3.05, 3.63) is 29.3 Å². The second-order valence-electron chi connectivity index (χ2n) is 4.72. The Balaban J connectivity index is 1.97. The summed E-state index contributed by atoms with van der Waals surface area (Å²) in [7, 11) is 0. The Kier molecular flexibility index (Phi) is 4.06. The molecule has 0 atom stereocenters. The molecule has 21 heavy (non-hydrogen) atoms. The van der Waals surface area contributed by atoms with E-state index in [0.717, 1.165) is 25.0 Å². The van der Waals surface area contributed by atoms with Crippen LogP contribution in [0.4, 0.5) is 18.9 Å². The van der Waals surface area contributed by atoms with Crippen LogP contribution in [0.3, 0.4) is 0 Å². The summed E-state index contributed by atoms with van der Waals surface area (Å²) in [6, 6.07) is 2.45. The van der Waals surface area contributed by atoms with Crippen LogP contribution in [-0.2, 0) is 15.7 Å². The zero-order chi connectivity index (χ0) is 15.6. The van der Waals surface area contributed by atoms with Gasteiger partial charge in [0.25, 0.3) is 5.91 Å². The highest BCUT2D eigenvalue weighted by Gasteiger charge is 2.31. The van der Waals surface area contributed by atoms with Gasteiger partial charge in [0.2, 0.25) is 0 Å². The number of nitrogen functional groups attached to an aromatic ring is 1. The van der Waals surface area contributed by atoms with Gasteiger partial charge in [0, 0.05) is 11.7 Å². The first-order valence-corrected chi connectivity index (χ1v) is 6.20. The van der Waals surface area contributed by atoms with E-state index in [1.165, 1.54) is 0 Å². The molecule has 1 aliphatic rings. The summed E-state index contributed by atoms with van der Waals surface area (Å²) in [5.74, 6) is -1.39. The number of benzene rings is 1. The lowest BCUT2D eigenvalue weighted by atomic mass is 10.1. The number of alkyl halides is 3. The Morgan fingerprint density at radius 3 is 2.52 bits per heavy atom. The number of nitrogens with two attached hydrogens (primary N) is 1. The van der Waals surface area contributed by atoms with E-state index in [4.69, 9.17) is 10.5 Å². The van der Waals surface area contributed by atoms with Gasteiger partial charge in [0.05, 0.1) is 11.1 Å². The van der Waals surface area contributed by atoms with Crippen LogP contribution in [0.1, 0.15) is 28.8 Å². The molecule has 114 valence electrons. The molecule has 1 aliphatic carbocycles. The maximum absolute atomic E-state index is 12.5. The predicted octanol–water partition coefficient (Wildman–Crippen LogP) is 1.72. The second kappa shape index (κ2) is 5.63. The summed E-state index contributed by atoms with van der Waals surface area (Å²) >= 11 is 0. The minimum absolute atomic E-state index is 0.132. The zero-order valence-corrected chi connectivity index (χ0v) is 10.9. The fraction of sp³-hybridized carbons (Fsp3) is 0.385. The van der Waals surface area contributed by atoms with Gasteiger partial charge in [-0.2, -0.15) is 13.2 Å². The van der Waals surface area contributed by atoms with Gasteiger partial charge in [-0.3, -0.25) is 4.79 Å². The normalized spacial score (nSPS) is 14.6. The number of rotatable bonds is 4. The van der Waals surface area contributed by atoms with Gasteiger partial charge in [0.1, 0.15) is 0 Å². The average molecular weight is 302 g/mol. The molecule has 1 saturated carbocycles. The van der Waals surface area contributed by atoms with Crippen molar-refractivity contribution >= 4 is 17.6 Å². The van der Waals surface area contributed by atoms with Crippen molar-refractivity contribution in [2.45, 2.75) is 25.1 Å². The lowest BCUT2D eigenvalue weighted by molar-refractivity contribution is -0.137. The first-order chi connectivity index (χ1) is 9.77. The van der Waals surface area contributed by atoms with Gasteiger partial charge in [0.15, 0.2) is 6.61 Å². The molecule has 0 heterocycles. The van der Waals surface area contributed by atoms with E-state index in [0.29, 0.717) is 6.07 Å². The fourth-order valence-electron chi connectivity index (χ4n) is 1.63. The SMILES string of the molecule is Nc1cc(C(F)(F)F)ccc1C(=O)OCC(=O)NC1CC1. The number of carbonyl (C=O) groups excluding carboxylic acids is 2. The number of carbonyl (C=O) groups is 2. The highest BCUT2D eigenvalue weighted by molar-refractivity contribution is 5.96. The summed E-state index contributed by atoms with van der Waals surface area (Å²) < 4.78 is 42.1. The number of hydrogen-bond acceptors (Lipinski definition) is 4.